The topological polar surface area (TPSA) is 75.4 Å². The standard InChI is InChI=1S/C15H15N3O2/c1-2-8-18(16)12-7-6-11-13-9(12)4-3-5-10(13)14(19)17-15(11)20/h3-7H,2,8,16H2,1H3,(H,17,19,20). The average molecular weight is 269 g/mol. The first kappa shape index (κ1) is 12.6. The molecular weight excluding hydrogens is 254 g/mol. The van der Waals surface area contributed by atoms with Crippen LogP contribution in [-0.4, -0.2) is 18.4 Å². The number of benzene rings is 2. The molecule has 2 aromatic carbocycles. The summed E-state index contributed by atoms with van der Waals surface area (Å²) in [6.45, 7) is 2.75. The smallest absolute Gasteiger partial charge is 0.258 e. The fourth-order valence-electron chi connectivity index (χ4n) is 2.62. The summed E-state index contributed by atoms with van der Waals surface area (Å²) in [5, 5.41) is 5.52. The highest BCUT2D eigenvalue weighted by Crippen LogP contribution is 2.32. The van der Waals surface area contributed by atoms with Crippen LogP contribution in [0.5, 0.6) is 0 Å². The van der Waals surface area contributed by atoms with Crippen molar-refractivity contribution in [2.24, 2.45) is 5.84 Å². The summed E-state index contributed by atoms with van der Waals surface area (Å²) in [5.74, 6) is 5.33. The molecule has 0 saturated heterocycles. The molecule has 0 atom stereocenters. The van der Waals surface area contributed by atoms with Gasteiger partial charge in [0, 0.05) is 28.4 Å². The molecule has 0 bridgehead atoms. The van der Waals surface area contributed by atoms with Crippen LogP contribution in [0.2, 0.25) is 0 Å². The number of rotatable bonds is 3. The van der Waals surface area contributed by atoms with E-state index in [2.05, 4.69) is 5.32 Å². The number of hydrogen-bond acceptors (Lipinski definition) is 4. The van der Waals surface area contributed by atoms with E-state index in [-0.39, 0.29) is 11.8 Å². The number of carbonyl (C=O) groups is 2. The van der Waals surface area contributed by atoms with Crippen LogP contribution >= 0.6 is 0 Å². The maximum Gasteiger partial charge on any atom is 0.258 e. The lowest BCUT2D eigenvalue weighted by Crippen LogP contribution is -2.35. The van der Waals surface area contributed by atoms with Crippen LogP contribution in [0.25, 0.3) is 10.8 Å². The fraction of sp³-hybridized carbons (Fsp3) is 0.200. The minimum atomic E-state index is -0.357. The third-order valence-corrected chi connectivity index (χ3v) is 3.51. The van der Waals surface area contributed by atoms with E-state index < -0.39 is 0 Å². The molecule has 3 N–H and O–H groups in total. The lowest BCUT2D eigenvalue weighted by Gasteiger charge is -2.23. The van der Waals surface area contributed by atoms with Gasteiger partial charge in [-0.05, 0) is 24.6 Å². The molecular formula is C15H15N3O2. The van der Waals surface area contributed by atoms with Crippen molar-refractivity contribution in [3.63, 3.8) is 0 Å². The molecule has 0 fully saturated rings. The van der Waals surface area contributed by atoms with Gasteiger partial charge in [-0.1, -0.05) is 19.1 Å². The van der Waals surface area contributed by atoms with Crippen molar-refractivity contribution in [2.75, 3.05) is 11.6 Å². The zero-order valence-corrected chi connectivity index (χ0v) is 11.1. The van der Waals surface area contributed by atoms with Crippen LogP contribution < -0.4 is 16.2 Å². The largest absolute Gasteiger partial charge is 0.310 e. The molecule has 0 spiro atoms. The molecule has 2 amide bonds. The summed E-state index contributed by atoms with van der Waals surface area (Å²) < 4.78 is 0. The van der Waals surface area contributed by atoms with Crippen molar-refractivity contribution in [1.82, 2.24) is 5.32 Å². The quantitative estimate of drug-likeness (QED) is 0.506. The van der Waals surface area contributed by atoms with Gasteiger partial charge in [0.25, 0.3) is 11.8 Å². The van der Waals surface area contributed by atoms with Gasteiger partial charge < -0.3 is 5.01 Å². The SMILES string of the molecule is CCCN(N)c1ccc2c3c(cccc13)C(=O)NC2=O. The van der Waals surface area contributed by atoms with Gasteiger partial charge in [0.1, 0.15) is 0 Å². The maximum atomic E-state index is 11.9. The van der Waals surface area contributed by atoms with Crippen molar-refractivity contribution in [1.29, 1.82) is 0 Å². The Hall–Kier alpha value is -2.40. The van der Waals surface area contributed by atoms with Crippen LogP contribution in [0, 0.1) is 0 Å². The van der Waals surface area contributed by atoms with E-state index >= 15 is 0 Å². The van der Waals surface area contributed by atoms with E-state index in [1.54, 1.807) is 23.2 Å². The van der Waals surface area contributed by atoms with Crippen molar-refractivity contribution in [2.45, 2.75) is 13.3 Å². The van der Waals surface area contributed by atoms with Gasteiger partial charge in [0.2, 0.25) is 0 Å². The minimum Gasteiger partial charge on any atom is -0.310 e. The normalized spacial score (nSPS) is 13.5. The second-order valence-corrected chi connectivity index (χ2v) is 4.84. The summed E-state index contributed by atoms with van der Waals surface area (Å²) in [4.78, 5) is 23.8. The minimum absolute atomic E-state index is 0.357. The Labute approximate surface area is 116 Å². The molecule has 102 valence electrons. The Balaban J connectivity index is 2.32. The lowest BCUT2D eigenvalue weighted by molar-refractivity contribution is 0.0845. The number of carbonyl (C=O) groups excluding carboxylic acids is 2. The number of anilines is 1. The van der Waals surface area contributed by atoms with Gasteiger partial charge in [-0.2, -0.15) is 0 Å². The number of nitrogens with zero attached hydrogens (tertiary/aromatic N) is 1. The molecule has 0 aliphatic carbocycles. The predicted molar refractivity (Wildman–Crippen MR) is 77.6 cm³/mol. The highest BCUT2D eigenvalue weighted by atomic mass is 16.2. The van der Waals surface area contributed by atoms with Gasteiger partial charge in [-0.25, -0.2) is 5.84 Å². The van der Waals surface area contributed by atoms with Crippen LogP contribution in [-0.2, 0) is 0 Å². The summed E-state index contributed by atoms with van der Waals surface area (Å²) in [5.41, 5.74) is 1.86. The third kappa shape index (κ3) is 1.75. The Morgan fingerprint density at radius 3 is 2.50 bits per heavy atom. The summed E-state index contributed by atoms with van der Waals surface area (Å²) in [6, 6.07) is 8.96. The molecule has 3 rings (SSSR count). The van der Waals surface area contributed by atoms with Gasteiger partial charge in [-0.3, -0.25) is 14.9 Å². The molecule has 0 radical (unpaired) electrons. The highest BCUT2D eigenvalue weighted by molar-refractivity contribution is 6.26. The fourth-order valence-corrected chi connectivity index (χ4v) is 2.62. The zero-order chi connectivity index (χ0) is 14.3. The van der Waals surface area contributed by atoms with Gasteiger partial charge in [-0.15, -0.1) is 0 Å². The van der Waals surface area contributed by atoms with Gasteiger partial charge >= 0.3 is 0 Å². The Bertz CT molecular complexity index is 704. The second-order valence-electron chi connectivity index (χ2n) is 4.84. The Morgan fingerprint density at radius 1 is 1.10 bits per heavy atom. The average Bonchev–Trinajstić information content (AvgIpc) is 2.44. The molecule has 0 aromatic heterocycles. The van der Waals surface area contributed by atoms with Crippen molar-refractivity contribution in [3.8, 4) is 0 Å². The Morgan fingerprint density at radius 2 is 1.80 bits per heavy atom. The third-order valence-electron chi connectivity index (χ3n) is 3.51. The summed E-state index contributed by atoms with van der Waals surface area (Å²) in [6.07, 6.45) is 0.916. The van der Waals surface area contributed by atoms with Crippen molar-refractivity contribution < 1.29 is 9.59 Å². The van der Waals surface area contributed by atoms with E-state index in [0.717, 1.165) is 17.5 Å². The predicted octanol–water partition coefficient (Wildman–Crippen LogP) is 1.81. The van der Waals surface area contributed by atoms with Crippen LogP contribution in [0.4, 0.5) is 5.69 Å². The maximum absolute atomic E-state index is 11.9. The second kappa shape index (κ2) is 4.61. The summed E-state index contributed by atoms with van der Waals surface area (Å²) in [7, 11) is 0. The van der Waals surface area contributed by atoms with E-state index in [1.807, 2.05) is 19.1 Å². The Kier molecular flexibility index (Phi) is 2.91. The zero-order valence-electron chi connectivity index (χ0n) is 11.1. The van der Waals surface area contributed by atoms with Crippen molar-refractivity contribution >= 4 is 28.3 Å². The molecule has 2 aromatic rings. The number of hydrogen-bond donors (Lipinski definition) is 2. The number of imide groups is 1. The molecule has 20 heavy (non-hydrogen) atoms. The van der Waals surface area contributed by atoms with E-state index in [4.69, 9.17) is 5.84 Å². The number of hydrazine groups is 1. The van der Waals surface area contributed by atoms with E-state index in [9.17, 15) is 9.59 Å². The highest BCUT2D eigenvalue weighted by Gasteiger charge is 2.25. The molecule has 1 aliphatic heterocycles. The first-order chi connectivity index (χ1) is 9.63. The van der Waals surface area contributed by atoms with Crippen LogP contribution in [0.1, 0.15) is 34.1 Å². The molecule has 0 unspecified atom stereocenters. The van der Waals surface area contributed by atoms with E-state index in [1.165, 1.54) is 0 Å². The first-order valence-corrected chi connectivity index (χ1v) is 6.57. The number of amides is 2. The molecule has 5 heteroatoms. The monoisotopic (exact) mass is 269 g/mol. The number of nitrogens with two attached hydrogens (primary N) is 1. The van der Waals surface area contributed by atoms with E-state index in [0.29, 0.717) is 23.1 Å². The van der Waals surface area contributed by atoms with Gasteiger partial charge in [0.05, 0.1) is 5.69 Å². The summed E-state index contributed by atoms with van der Waals surface area (Å²) >= 11 is 0. The lowest BCUT2D eigenvalue weighted by atomic mass is 9.94. The molecule has 0 saturated carbocycles. The molecule has 5 nitrogen and oxygen atoms in total. The number of nitrogens with one attached hydrogen (secondary N) is 1. The van der Waals surface area contributed by atoms with Crippen LogP contribution in [0.15, 0.2) is 30.3 Å². The van der Waals surface area contributed by atoms with Gasteiger partial charge in [0.15, 0.2) is 0 Å². The van der Waals surface area contributed by atoms with Crippen LogP contribution in [0.3, 0.4) is 0 Å². The molecule has 1 aliphatic rings. The first-order valence-electron chi connectivity index (χ1n) is 6.57. The molecule has 1 heterocycles. The van der Waals surface area contributed by atoms with Crippen molar-refractivity contribution in [3.05, 3.63) is 41.5 Å².